The molecule has 0 spiro atoms. The molecule has 106 valence electrons. The van der Waals surface area contributed by atoms with Gasteiger partial charge in [-0.3, -0.25) is 0 Å². The Hall–Kier alpha value is -1.13. The SMILES string of the molecule is CCOc1ccc(CNCC2(CN)CCC2)cc1F. The maximum Gasteiger partial charge on any atom is 0.165 e. The van der Waals surface area contributed by atoms with Gasteiger partial charge in [-0.1, -0.05) is 12.5 Å². The van der Waals surface area contributed by atoms with Crippen LogP contribution in [0.4, 0.5) is 4.39 Å². The van der Waals surface area contributed by atoms with E-state index in [9.17, 15) is 4.39 Å². The fourth-order valence-corrected chi connectivity index (χ4v) is 2.53. The Kier molecular flexibility index (Phi) is 4.77. The van der Waals surface area contributed by atoms with Gasteiger partial charge in [0.2, 0.25) is 0 Å². The van der Waals surface area contributed by atoms with Crippen molar-refractivity contribution in [1.82, 2.24) is 5.32 Å². The Balaban J connectivity index is 1.84. The van der Waals surface area contributed by atoms with Crippen molar-refractivity contribution < 1.29 is 9.13 Å². The monoisotopic (exact) mass is 266 g/mol. The summed E-state index contributed by atoms with van der Waals surface area (Å²) in [6, 6.07) is 5.13. The van der Waals surface area contributed by atoms with Crippen molar-refractivity contribution in [3.05, 3.63) is 29.6 Å². The fraction of sp³-hybridized carbons (Fsp3) is 0.600. The Morgan fingerprint density at radius 2 is 2.21 bits per heavy atom. The molecule has 0 heterocycles. The molecule has 19 heavy (non-hydrogen) atoms. The summed E-state index contributed by atoms with van der Waals surface area (Å²) in [7, 11) is 0. The van der Waals surface area contributed by atoms with Crippen LogP contribution in [0.15, 0.2) is 18.2 Å². The molecule has 0 radical (unpaired) electrons. The molecule has 0 aliphatic heterocycles. The summed E-state index contributed by atoms with van der Waals surface area (Å²) in [5.74, 6) is 0.0296. The van der Waals surface area contributed by atoms with Crippen LogP contribution in [0.2, 0.25) is 0 Å². The molecular formula is C15H23FN2O. The first-order chi connectivity index (χ1) is 9.19. The molecule has 3 nitrogen and oxygen atoms in total. The van der Waals surface area contributed by atoms with Gasteiger partial charge in [-0.2, -0.15) is 0 Å². The summed E-state index contributed by atoms with van der Waals surface area (Å²) in [6.45, 7) is 4.65. The van der Waals surface area contributed by atoms with E-state index in [4.69, 9.17) is 10.5 Å². The van der Waals surface area contributed by atoms with Crippen molar-refractivity contribution in [3.63, 3.8) is 0 Å². The topological polar surface area (TPSA) is 47.3 Å². The lowest BCUT2D eigenvalue weighted by molar-refractivity contribution is 0.141. The highest BCUT2D eigenvalue weighted by Gasteiger charge is 2.34. The second-order valence-corrected chi connectivity index (χ2v) is 5.36. The minimum absolute atomic E-state index is 0.282. The van der Waals surface area contributed by atoms with Gasteiger partial charge in [-0.25, -0.2) is 4.39 Å². The van der Waals surface area contributed by atoms with Crippen molar-refractivity contribution in [1.29, 1.82) is 0 Å². The number of benzene rings is 1. The number of nitrogens with one attached hydrogen (secondary N) is 1. The average Bonchev–Trinajstić information content (AvgIpc) is 2.36. The zero-order valence-corrected chi connectivity index (χ0v) is 11.5. The van der Waals surface area contributed by atoms with Gasteiger partial charge in [0.25, 0.3) is 0 Å². The summed E-state index contributed by atoms with van der Waals surface area (Å²) in [5.41, 5.74) is 7.03. The number of hydrogen-bond acceptors (Lipinski definition) is 3. The smallest absolute Gasteiger partial charge is 0.165 e. The van der Waals surface area contributed by atoms with Crippen LogP contribution in [-0.2, 0) is 6.54 Å². The first-order valence-corrected chi connectivity index (χ1v) is 7.01. The normalized spacial score (nSPS) is 17.0. The first kappa shape index (κ1) is 14.3. The maximum absolute atomic E-state index is 13.7. The van der Waals surface area contributed by atoms with Crippen molar-refractivity contribution in [2.45, 2.75) is 32.7 Å². The quantitative estimate of drug-likeness (QED) is 0.797. The van der Waals surface area contributed by atoms with Crippen molar-refractivity contribution in [2.24, 2.45) is 11.1 Å². The van der Waals surface area contributed by atoms with E-state index in [1.165, 1.54) is 25.3 Å². The van der Waals surface area contributed by atoms with Crippen molar-refractivity contribution in [2.75, 3.05) is 19.7 Å². The minimum Gasteiger partial charge on any atom is -0.491 e. The van der Waals surface area contributed by atoms with Crippen LogP contribution in [0.25, 0.3) is 0 Å². The van der Waals surface area contributed by atoms with E-state index in [1.54, 1.807) is 6.07 Å². The van der Waals surface area contributed by atoms with Crippen LogP contribution in [0.5, 0.6) is 5.75 Å². The lowest BCUT2D eigenvalue weighted by Crippen LogP contribution is -2.45. The Morgan fingerprint density at radius 3 is 2.74 bits per heavy atom. The predicted molar refractivity (Wildman–Crippen MR) is 74.6 cm³/mol. The van der Waals surface area contributed by atoms with E-state index in [2.05, 4.69) is 5.32 Å². The first-order valence-electron chi connectivity index (χ1n) is 7.01. The van der Waals surface area contributed by atoms with E-state index < -0.39 is 0 Å². The van der Waals surface area contributed by atoms with E-state index in [-0.39, 0.29) is 11.2 Å². The molecule has 2 rings (SSSR count). The highest BCUT2D eigenvalue weighted by atomic mass is 19.1. The highest BCUT2D eigenvalue weighted by molar-refractivity contribution is 5.29. The molecule has 1 aliphatic rings. The highest BCUT2D eigenvalue weighted by Crippen LogP contribution is 2.39. The van der Waals surface area contributed by atoms with Gasteiger partial charge in [-0.15, -0.1) is 0 Å². The van der Waals surface area contributed by atoms with E-state index in [0.717, 1.165) is 18.7 Å². The minimum atomic E-state index is -0.293. The molecular weight excluding hydrogens is 243 g/mol. The number of hydrogen-bond donors (Lipinski definition) is 2. The molecule has 0 unspecified atom stereocenters. The molecule has 3 N–H and O–H groups in total. The van der Waals surface area contributed by atoms with Crippen LogP contribution in [0, 0.1) is 11.2 Å². The van der Waals surface area contributed by atoms with E-state index in [0.29, 0.717) is 18.9 Å². The molecule has 0 aromatic heterocycles. The fourth-order valence-electron chi connectivity index (χ4n) is 2.53. The van der Waals surface area contributed by atoms with Crippen molar-refractivity contribution >= 4 is 0 Å². The molecule has 1 aromatic rings. The molecule has 1 aromatic carbocycles. The third-order valence-corrected chi connectivity index (χ3v) is 3.97. The van der Waals surface area contributed by atoms with Crippen LogP contribution < -0.4 is 15.8 Å². The zero-order valence-electron chi connectivity index (χ0n) is 11.5. The van der Waals surface area contributed by atoms with Crippen LogP contribution in [0.1, 0.15) is 31.7 Å². The Bertz CT molecular complexity index is 413. The van der Waals surface area contributed by atoms with Gasteiger partial charge < -0.3 is 15.8 Å². The lowest BCUT2D eigenvalue weighted by atomic mass is 9.69. The molecule has 1 aliphatic carbocycles. The standard InChI is InChI=1S/C15H23FN2O/c1-2-19-14-5-4-12(8-13(14)16)9-18-11-15(10-17)6-3-7-15/h4-5,8,18H,2-3,6-7,9-11,17H2,1H3. The summed E-state index contributed by atoms with van der Waals surface area (Å²) < 4.78 is 18.9. The summed E-state index contributed by atoms with van der Waals surface area (Å²) in [6.07, 6.45) is 3.68. The van der Waals surface area contributed by atoms with Gasteiger partial charge >= 0.3 is 0 Å². The maximum atomic E-state index is 13.7. The molecule has 0 bridgehead atoms. The lowest BCUT2D eigenvalue weighted by Gasteiger charge is -2.41. The molecule has 0 saturated heterocycles. The van der Waals surface area contributed by atoms with Gasteiger partial charge in [0, 0.05) is 13.1 Å². The predicted octanol–water partition coefficient (Wildman–Crippen LogP) is 2.44. The van der Waals surface area contributed by atoms with Crippen LogP contribution in [0.3, 0.4) is 0 Å². The van der Waals surface area contributed by atoms with E-state index >= 15 is 0 Å². The zero-order chi connectivity index (χ0) is 13.7. The van der Waals surface area contributed by atoms with Crippen molar-refractivity contribution in [3.8, 4) is 5.75 Å². The molecule has 0 amide bonds. The second-order valence-electron chi connectivity index (χ2n) is 5.36. The molecule has 4 heteroatoms. The second kappa shape index (κ2) is 6.35. The number of ether oxygens (including phenoxy) is 1. The summed E-state index contributed by atoms with van der Waals surface area (Å²) >= 11 is 0. The van der Waals surface area contributed by atoms with Gasteiger partial charge in [0.15, 0.2) is 11.6 Å². The summed E-state index contributed by atoms with van der Waals surface area (Å²) in [4.78, 5) is 0. The largest absolute Gasteiger partial charge is 0.491 e. The van der Waals surface area contributed by atoms with E-state index in [1.807, 2.05) is 13.0 Å². The Morgan fingerprint density at radius 1 is 1.42 bits per heavy atom. The Labute approximate surface area is 114 Å². The van der Waals surface area contributed by atoms with Gasteiger partial charge in [-0.05, 0) is 49.4 Å². The summed E-state index contributed by atoms with van der Waals surface area (Å²) in [5, 5.41) is 3.39. The van der Waals surface area contributed by atoms with Gasteiger partial charge in [0.05, 0.1) is 6.61 Å². The van der Waals surface area contributed by atoms with Crippen LogP contribution >= 0.6 is 0 Å². The molecule has 1 fully saturated rings. The number of nitrogens with two attached hydrogens (primary N) is 1. The van der Waals surface area contributed by atoms with Crippen LogP contribution in [-0.4, -0.2) is 19.7 Å². The number of halogens is 1. The third-order valence-electron chi connectivity index (χ3n) is 3.97. The number of rotatable bonds is 7. The molecule has 1 saturated carbocycles. The third kappa shape index (κ3) is 3.45. The van der Waals surface area contributed by atoms with Gasteiger partial charge in [0.1, 0.15) is 0 Å². The molecule has 0 atom stereocenters. The average molecular weight is 266 g/mol.